The van der Waals surface area contributed by atoms with Crippen molar-refractivity contribution in [2.75, 3.05) is 13.1 Å². The molecule has 1 N–H and O–H groups in total. The van der Waals surface area contributed by atoms with Gasteiger partial charge in [-0.25, -0.2) is 0 Å². The topological polar surface area (TPSA) is 75.7 Å². The SMILES string of the molecule is Cc1ccc(CNC(=O)[C@H](C)OC(=O)C2CCN(C(=O)C(C)(C)C)CC2)cc1. The molecule has 6 nitrogen and oxygen atoms in total. The summed E-state index contributed by atoms with van der Waals surface area (Å²) in [5.41, 5.74) is 1.73. The molecule has 1 heterocycles. The minimum atomic E-state index is -0.841. The number of amides is 2. The van der Waals surface area contributed by atoms with E-state index in [0.29, 0.717) is 32.5 Å². The van der Waals surface area contributed by atoms with E-state index < -0.39 is 11.5 Å². The van der Waals surface area contributed by atoms with E-state index >= 15 is 0 Å². The van der Waals surface area contributed by atoms with Crippen LogP contribution in [0.5, 0.6) is 0 Å². The smallest absolute Gasteiger partial charge is 0.309 e. The number of carbonyl (C=O) groups excluding carboxylic acids is 3. The van der Waals surface area contributed by atoms with Crippen LogP contribution < -0.4 is 5.32 Å². The zero-order chi connectivity index (χ0) is 20.9. The molecule has 1 aromatic rings. The van der Waals surface area contributed by atoms with Gasteiger partial charge < -0.3 is 15.0 Å². The molecule has 1 aliphatic rings. The van der Waals surface area contributed by atoms with Crippen molar-refractivity contribution in [3.05, 3.63) is 35.4 Å². The average molecular weight is 389 g/mol. The molecule has 154 valence electrons. The molecular formula is C22H32N2O4. The summed E-state index contributed by atoms with van der Waals surface area (Å²) in [4.78, 5) is 38.7. The summed E-state index contributed by atoms with van der Waals surface area (Å²) < 4.78 is 5.37. The summed E-state index contributed by atoms with van der Waals surface area (Å²) in [7, 11) is 0. The first-order valence-electron chi connectivity index (χ1n) is 9.91. The van der Waals surface area contributed by atoms with Gasteiger partial charge in [0, 0.05) is 25.0 Å². The second-order valence-corrected chi connectivity index (χ2v) is 8.60. The van der Waals surface area contributed by atoms with Gasteiger partial charge in [-0.1, -0.05) is 50.6 Å². The number of nitrogens with zero attached hydrogens (tertiary/aromatic N) is 1. The molecule has 1 atom stereocenters. The van der Waals surface area contributed by atoms with Gasteiger partial charge in [0.05, 0.1) is 5.92 Å². The number of hydrogen-bond acceptors (Lipinski definition) is 4. The first kappa shape index (κ1) is 21.9. The average Bonchev–Trinajstić information content (AvgIpc) is 2.66. The predicted octanol–water partition coefficient (Wildman–Crippen LogP) is 2.83. The van der Waals surface area contributed by atoms with Crippen LogP contribution in [0.2, 0.25) is 0 Å². The first-order valence-corrected chi connectivity index (χ1v) is 9.91. The second-order valence-electron chi connectivity index (χ2n) is 8.60. The van der Waals surface area contributed by atoms with Crippen molar-refractivity contribution < 1.29 is 19.1 Å². The van der Waals surface area contributed by atoms with Crippen molar-refractivity contribution in [1.29, 1.82) is 0 Å². The Kier molecular flexibility index (Phi) is 7.22. The van der Waals surface area contributed by atoms with Crippen LogP contribution in [0, 0.1) is 18.3 Å². The molecule has 1 fully saturated rings. The molecule has 2 amide bonds. The van der Waals surface area contributed by atoms with Crippen LogP contribution in [-0.4, -0.2) is 41.9 Å². The molecule has 0 aromatic heterocycles. The first-order chi connectivity index (χ1) is 13.1. The fourth-order valence-electron chi connectivity index (χ4n) is 3.16. The highest BCUT2D eigenvalue weighted by molar-refractivity contribution is 5.84. The van der Waals surface area contributed by atoms with Gasteiger partial charge in [0.15, 0.2) is 6.10 Å². The van der Waals surface area contributed by atoms with Crippen LogP contribution in [0.4, 0.5) is 0 Å². The number of aryl methyl sites for hydroxylation is 1. The van der Waals surface area contributed by atoms with E-state index in [2.05, 4.69) is 5.32 Å². The van der Waals surface area contributed by atoms with Crippen molar-refractivity contribution in [3.8, 4) is 0 Å². The molecule has 0 spiro atoms. The number of ether oxygens (including phenoxy) is 1. The quantitative estimate of drug-likeness (QED) is 0.787. The highest BCUT2D eigenvalue weighted by atomic mass is 16.5. The molecule has 0 bridgehead atoms. The Balaban J connectivity index is 1.77. The Hall–Kier alpha value is -2.37. The standard InChI is InChI=1S/C22H32N2O4/c1-15-6-8-17(9-7-15)14-23-19(25)16(2)28-20(26)18-10-12-24(13-11-18)21(27)22(3,4)5/h6-9,16,18H,10-14H2,1-5H3,(H,23,25)/t16-/m0/s1. The predicted molar refractivity (Wildman–Crippen MR) is 107 cm³/mol. The van der Waals surface area contributed by atoms with Gasteiger partial charge in [0.2, 0.25) is 5.91 Å². The monoisotopic (exact) mass is 388 g/mol. The summed E-state index contributed by atoms with van der Waals surface area (Å²) in [5, 5.41) is 2.80. The zero-order valence-corrected chi connectivity index (χ0v) is 17.6. The fourth-order valence-corrected chi connectivity index (χ4v) is 3.16. The number of likely N-dealkylation sites (tertiary alicyclic amines) is 1. The Morgan fingerprint density at radius 3 is 2.25 bits per heavy atom. The van der Waals surface area contributed by atoms with E-state index in [-0.39, 0.29) is 23.7 Å². The minimum absolute atomic E-state index is 0.100. The van der Waals surface area contributed by atoms with E-state index in [0.717, 1.165) is 11.1 Å². The highest BCUT2D eigenvalue weighted by Crippen LogP contribution is 2.24. The highest BCUT2D eigenvalue weighted by Gasteiger charge is 2.33. The lowest BCUT2D eigenvalue weighted by molar-refractivity contribution is -0.161. The van der Waals surface area contributed by atoms with Crippen LogP contribution in [0.15, 0.2) is 24.3 Å². The molecule has 28 heavy (non-hydrogen) atoms. The Bertz CT molecular complexity index is 698. The maximum Gasteiger partial charge on any atom is 0.309 e. The summed E-state index contributed by atoms with van der Waals surface area (Å²) in [5.74, 6) is -0.838. The summed E-state index contributed by atoms with van der Waals surface area (Å²) in [6.45, 7) is 10.8. The minimum Gasteiger partial charge on any atom is -0.452 e. The molecular weight excluding hydrogens is 356 g/mol. The Morgan fingerprint density at radius 2 is 1.71 bits per heavy atom. The molecule has 1 aliphatic heterocycles. The van der Waals surface area contributed by atoms with Crippen LogP contribution >= 0.6 is 0 Å². The molecule has 2 rings (SSSR count). The van der Waals surface area contributed by atoms with Gasteiger partial charge in [-0.2, -0.15) is 0 Å². The second kappa shape index (κ2) is 9.22. The normalized spacial score (nSPS) is 16.4. The maximum absolute atomic E-state index is 12.4. The molecule has 0 unspecified atom stereocenters. The van der Waals surface area contributed by atoms with Gasteiger partial charge in [-0.3, -0.25) is 14.4 Å². The number of esters is 1. The van der Waals surface area contributed by atoms with Crippen molar-refractivity contribution in [2.24, 2.45) is 11.3 Å². The van der Waals surface area contributed by atoms with E-state index in [1.165, 1.54) is 0 Å². The van der Waals surface area contributed by atoms with Gasteiger partial charge in [0.25, 0.3) is 5.91 Å². The van der Waals surface area contributed by atoms with E-state index in [1.54, 1.807) is 6.92 Å². The number of benzene rings is 1. The third-order valence-electron chi connectivity index (χ3n) is 5.01. The molecule has 0 aliphatic carbocycles. The van der Waals surface area contributed by atoms with Crippen LogP contribution in [0.25, 0.3) is 0 Å². The van der Waals surface area contributed by atoms with Gasteiger partial charge in [0.1, 0.15) is 0 Å². The van der Waals surface area contributed by atoms with Gasteiger partial charge >= 0.3 is 5.97 Å². The maximum atomic E-state index is 12.4. The largest absolute Gasteiger partial charge is 0.452 e. The number of rotatable bonds is 5. The lowest BCUT2D eigenvalue weighted by Gasteiger charge is -2.35. The van der Waals surface area contributed by atoms with Crippen molar-refractivity contribution in [2.45, 2.75) is 60.1 Å². The fraction of sp³-hybridized carbons (Fsp3) is 0.591. The van der Waals surface area contributed by atoms with Crippen LogP contribution in [0.3, 0.4) is 0 Å². The van der Waals surface area contributed by atoms with E-state index in [9.17, 15) is 14.4 Å². The third kappa shape index (κ3) is 6.08. The lowest BCUT2D eigenvalue weighted by Crippen LogP contribution is -2.46. The third-order valence-corrected chi connectivity index (χ3v) is 5.01. The zero-order valence-electron chi connectivity index (χ0n) is 17.6. The van der Waals surface area contributed by atoms with E-state index in [4.69, 9.17) is 4.74 Å². The van der Waals surface area contributed by atoms with Crippen molar-refractivity contribution in [1.82, 2.24) is 10.2 Å². The number of nitrogens with one attached hydrogen (secondary N) is 1. The van der Waals surface area contributed by atoms with Gasteiger partial charge in [-0.05, 0) is 32.3 Å². The molecule has 0 saturated carbocycles. The number of carbonyl (C=O) groups is 3. The van der Waals surface area contributed by atoms with Crippen LogP contribution in [0.1, 0.15) is 51.7 Å². The molecule has 1 aromatic carbocycles. The lowest BCUT2D eigenvalue weighted by atomic mass is 9.91. The number of hydrogen-bond donors (Lipinski definition) is 1. The Morgan fingerprint density at radius 1 is 1.14 bits per heavy atom. The molecule has 1 saturated heterocycles. The summed E-state index contributed by atoms with van der Waals surface area (Å²) in [6, 6.07) is 7.89. The summed E-state index contributed by atoms with van der Waals surface area (Å²) >= 11 is 0. The van der Waals surface area contributed by atoms with Crippen molar-refractivity contribution in [3.63, 3.8) is 0 Å². The molecule has 6 heteroatoms. The van der Waals surface area contributed by atoms with E-state index in [1.807, 2.05) is 56.9 Å². The Labute approximate surface area is 167 Å². The summed E-state index contributed by atoms with van der Waals surface area (Å²) in [6.07, 6.45) is 0.295. The van der Waals surface area contributed by atoms with Crippen molar-refractivity contribution >= 4 is 17.8 Å². The van der Waals surface area contributed by atoms with Gasteiger partial charge in [-0.15, -0.1) is 0 Å². The molecule has 0 radical (unpaired) electrons. The number of piperidine rings is 1. The van der Waals surface area contributed by atoms with Crippen LogP contribution in [-0.2, 0) is 25.7 Å².